The number of aromatic nitrogens is 1. The number of thiazole rings is 1. The molecule has 0 N–H and O–H groups in total. The van der Waals surface area contributed by atoms with Crippen LogP contribution in [0.2, 0.25) is 10.0 Å². The van der Waals surface area contributed by atoms with E-state index in [1.54, 1.807) is 29.5 Å². The fourth-order valence-corrected chi connectivity index (χ4v) is 3.29. The topological polar surface area (TPSA) is 68.7 Å². The standard InChI is InChI=1S/C17H18Cl2N2O4S/c1-24-7-3-6-21(9-15-20-14(10-26-15)17(23)25-2)16(22)11-4-5-12(18)13(19)8-11/h4-5,8,10H,3,6-7,9H2,1-2H3. The molecule has 0 saturated carbocycles. The van der Waals surface area contributed by atoms with Gasteiger partial charge < -0.3 is 14.4 Å². The van der Waals surface area contributed by atoms with E-state index < -0.39 is 5.97 Å². The Morgan fingerprint density at radius 2 is 2.00 bits per heavy atom. The summed E-state index contributed by atoms with van der Waals surface area (Å²) in [5.41, 5.74) is 0.660. The van der Waals surface area contributed by atoms with E-state index in [1.807, 2.05) is 0 Å². The van der Waals surface area contributed by atoms with Crippen LogP contribution in [-0.4, -0.2) is 49.1 Å². The first-order valence-electron chi connectivity index (χ1n) is 7.72. The highest BCUT2D eigenvalue weighted by Gasteiger charge is 2.19. The molecule has 26 heavy (non-hydrogen) atoms. The van der Waals surface area contributed by atoms with Crippen molar-refractivity contribution >= 4 is 46.4 Å². The number of benzene rings is 1. The average molecular weight is 417 g/mol. The maximum absolute atomic E-state index is 12.9. The molecule has 0 aliphatic heterocycles. The van der Waals surface area contributed by atoms with Crippen molar-refractivity contribution in [3.63, 3.8) is 0 Å². The summed E-state index contributed by atoms with van der Waals surface area (Å²) in [7, 11) is 2.90. The summed E-state index contributed by atoms with van der Waals surface area (Å²) in [6.45, 7) is 1.26. The van der Waals surface area contributed by atoms with Crippen molar-refractivity contribution in [1.29, 1.82) is 0 Å². The molecule has 2 rings (SSSR count). The Kier molecular flexibility index (Phi) is 7.84. The maximum Gasteiger partial charge on any atom is 0.357 e. The summed E-state index contributed by atoms with van der Waals surface area (Å²) in [5.74, 6) is -0.705. The number of methoxy groups -OCH3 is 2. The number of ether oxygens (including phenoxy) is 2. The third-order valence-electron chi connectivity index (χ3n) is 3.50. The summed E-state index contributed by atoms with van der Waals surface area (Å²) < 4.78 is 9.72. The van der Waals surface area contributed by atoms with Gasteiger partial charge in [-0.1, -0.05) is 23.2 Å². The van der Waals surface area contributed by atoms with Crippen LogP contribution in [0.25, 0.3) is 0 Å². The molecule has 0 atom stereocenters. The van der Waals surface area contributed by atoms with Crippen LogP contribution in [0.1, 0.15) is 32.3 Å². The van der Waals surface area contributed by atoms with E-state index in [2.05, 4.69) is 9.72 Å². The quantitative estimate of drug-likeness (QED) is 0.481. The lowest BCUT2D eigenvalue weighted by atomic mass is 10.2. The molecule has 0 spiro atoms. The van der Waals surface area contributed by atoms with Gasteiger partial charge in [0.2, 0.25) is 0 Å². The van der Waals surface area contributed by atoms with Crippen LogP contribution in [0.5, 0.6) is 0 Å². The van der Waals surface area contributed by atoms with Crippen molar-refractivity contribution in [2.24, 2.45) is 0 Å². The summed E-state index contributed by atoms with van der Waals surface area (Å²) in [6.07, 6.45) is 0.665. The molecule has 1 amide bonds. The molecule has 0 aliphatic rings. The van der Waals surface area contributed by atoms with Gasteiger partial charge in [-0.25, -0.2) is 9.78 Å². The number of rotatable bonds is 8. The van der Waals surface area contributed by atoms with Crippen molar-refractivity contribution in [1.82, 2.24) is 9.88 Å². The van der Waals surface area contributed by atoms with Crippen molar-refractivity contribution in [3.05, 3.63) is 49.9 Å². The Morgan fingerprint density at radius 1 is 1.23 bits per heavy atom. The molecule has 0 aliphatic carbocycles. The second kappa shape index (κ2) is 9.87. The van der Waals surface area contributed by atoms with Crippen LogP contribution in [0.4, 0.5) is 0 Å². The predicted molar refractivity (Wildman–Crippen MR) is 101 cm³/mol. The first kappa shape index (κ1) is 20.6. The van der Waals surface area contributed by atoms with Gasteiger partial charge in [-0.3, -0.25) is 4.79 Å². The van der Waals surface area contributed by atoms with Crippen molar-refractivity contribution in [2.75, 3.05) is 27.4 Å². The molecule has 1 aromatic carbocycles. The minimum Gasteiger partial charge on any atom is -0.464 e. The van der Waals surface area contributed by atoms with Gasteiger partial charge in [0.05, 0.1) is 23.7 Å². The van der Waals surface area contributed by atoms with Gasteiger partial charge in [0.1, 0.15) is 5.01 Å². The van der Waals surface area contributed by atoms with Gasteiger partial charge in [0.15, 0.2) is 5.69 Å². The largest absolute Gasteiger partial charge is 0.464 e. The Bertz CT molecular complexity index is 782. The van der Waals surface area contributed by atoms with Gasteiger partial charge in [0.25, 0.3) is 5.91 Å². The highest BCUT2D eigenvalue weighted by Crippen LogP contribution is 2.24. The first-order valence-corrected chi connectivity index (χ1v) is 9.35. The molecule has 9 heteroatoms. The fraction of sp³-hybridized carbons (Fsp3) is 0.353. The first-order chi connectivity index (χ1) is 12.5. The van der Waals surface area contributed by atoms with E-state index in [0.29, 0.717) is 40.2 Å². The number of hydrogen-bond acceptors (Lipinski definition) is 6. The van der Waals surface area contributed by atoms with Crippen molar-refractivity contribution in [3.8, 4) is 0 Å². The number of esters is 1. The average Bonchev–Trinajstić information content (AvgIpc) is 3.10. The van der Waals surface area contributed by atoms with Gasteiger partial charge >= 0.3 is 5.97 Å². The SMILES string of the molecule is COCCCN(Cc1nc(C(=O)OC)cs1)C(=O)c1ccc(Cl)c(Cl)c1. The van der Waals surface area contributed by atoms with E-state index in [4.69, 9.17) is 27.9 Å². The van der Waals surface area contributed by atoms with Crippen LogP contribution in [-0.2, 0) is 16.0 Å². The van der Waals surface area contributed by atoms with Crippen LogP contribution in [0, 0.1) is 0 Å². The van der Waals surface area contributed by atoms with Gasteiger partial charge in [-0.2, -0.15) is 0 Å². The number of carbonyl (C=O) groups is 2. The Labute approximate surface area is 165 Å². The lowest BCUT2D eigenvalue weighted by Crippen LogP contribution is -2.32. The lowest BCUT2D eigenvalue weighted by molar-refractivity contribution is 0.0594. The number of amides is 1. The number of nitrogens with zero attached hydrogens (tertiary/aromatic N) is 2. The predicted octanol–water partition coefficient (Wildman–Crippen LogP) is 3.92. The zero-order valence-electron chi connectivity index (χ0n) is 14.3. The molecule has 2 aromatic rings. The van der Waals surface area contributed by atoms with E-state index in [-0.39, 0.29) is 18.1 Å². The molecule has 1 heterocycles. The Hall–Kier alpha value is -1.67. The minimum atomic E-state index is -0.505. The van der Waals surface area contributed by atoms with Crippen LogP contribution in [0.3, 0.4) is 0 Å². The lowest BCUT2D eigenvalue weighted by Gasteiger charge is -2.22. The summed E-state index contributed by atoms with van der Waals surface area (Å²) in [5, 5.41) is 2.95. The third kappa shape index (κ3) is 5.41. The van der Waals surface area contributed by atoms with E-state index >= 15 is 0 Å². The molecular weight excluding hydrogens is 399 g/mol. The van der Waals surface area contributed by atoms with E-state index in [1.165, 1.54) is 24.5 Å². The zero-order valence-corrected chi connectivity index (χ0v) is 16.7. The zero-order chi connectivity index (χ0) is 19.1. The Morgan fingerprint density at radius 3 is 2.65 bits per heavy atom. The molecule has 140 valence electrons. The summed E-state index contributed by atoms with van der Waals surface area (Å²) >= 11 is 13.2. The second-order valence-corrected chi connectivity index (χ2v) is 7.08. The smallest absolute Gasteiger partial charge is 0.357 e. The minimum absolute atomic E-state index is 0.200. The van der Waals surface area contributed by atoms with Gasteiger partial charge in [-0.15, -0.1) is 11.3 Å². The number of hydrogen-bond donors (Lipinski definition) is 0. The van der Waals surface area contributed by atoms with Crippen LogP contribution < -0.4 is 0 Å². The molecule has 0 saturated heterocycles. The number of carbonyl (C=O) groups excluding carboxylic acids is 2. The second-order valence-electron chi connectivity index (χ2n) is 5.32. The number of halogens is 2. The molecular formula is C17H18Cl2N2O4S. The molecule has 1 aromatic heterocycles. The fourth-order valence-electron chi connectivity index (χ4n) is 2.21. The van der Waals surface area contributed by atoms with E-state index in [0.717, 1.165) is 0 Å². The van der Waals surface area contributed by atoms with Crippen LogP contribution >= 0.6 is 34.5 Å². The summed E-state index contributed by atoms with van der Waals surface area (Å²) in [6, 6.07) is 4.75. The van der Waals surface area contributed by atoms with Crippen molar-refractivity contribution in [2.45, 2.75) is 13.0 Å². The third-order valence-corrected chi connectivity index (χ3v) is 5.08. The monoisotopic (exact) mass is 416 g/mol. The normalized spacial score (nSPS) is 10.6. The molecule has 0 unspecified atom stereocenters. The molecule has 0 fully saturated rings. The van der Waals surface area contributed by atoms with Gasteiger partial charge in [-0.05, 0) is 24.6 Å². The molecule has 0 radical (unpaired) electrons. The van der Waals surface area contributed by atoms with Crippen molar-refractivity contribution < 1.29 is 19.1 Å². The van der Waals surface area contributed by atoms with E-state index in [9.17, 15) is 9.59 Å². The summed E-state index contributed by atoms with van der Waals surface area (Å²) in [4.78, 5) is 30.3. The highest BCUT2D eigenvalue weighted by atomic mass is 35.5. The highest BCUT2D eigenvalue weighted by molar-refractivity contribution is 7.09. The molecule has 0 bridgehead atoms. The molecule has 6 nitrogen and oxygen atoms in total. The van der Waals surface area contributed by atoms with Gasteiger partial charge in [0, 0.05) is 31.2 Å². The maximum atomic E-state index is 12.9. The Balaban J connectivity index is 2.18. The van der Waals surface area contributed by atoms with Crippen LogP contribution in [0.15, 0.2) is 23.6 Å².